The van der Waals surface area contributed by atoms with Crippen molar-refractivity contribution in [1.29, 1.82) is 0 Å². The normalized spacial score (nSPS) is 15.8. The van der Waals surface area contributed by atoms with Gasteiger partial charge in [0, 0.05) is 12.5 Å². The number of hydrogen-bond acceptors (Lipinski definition) is 2. The highest BCUT2D eigenvalue weighted by Crippen LogP contribution is 2.34. The van der Waals surface area contributed by atoms with Gasteiger partial charge >= 0.3 is 5.97 Å². The average Bonchev–Trinajstić information content (AvgIpc) is 3.23. The lowest BCUT2D eigenvalue weighted by molar-refractivity contribution is -0.139. The van der Waals surface area contributed by atoms with E-state index in [4.69, 9.17) is 5.11 Å². The van der Waals surface area contributed by atoms with E-state index in [2.05, 4.69) is 0 Å². The molecule has 2 rings (SSSR count). The van der Waals surface area contributed by atoms with Crippen molar-refractivity contribution in [3.63, 3.8) is 0 Å². The fourth-order valence-electron chi connectivity index (χ4n) is 2.19. The van der Waals surface area contributed by atoms with Crippen LogP contribution in [0.1, 0.15) is 37.8 Å². The second kappa shape index (κ2) is 5.87. The molecule has 19 heavy (non-hydrogen) atoms. The van der Waals surface area contributed by atoms with Crippen LogP contribution >= 0.6 is 0 Å². The molecule has 1 aliphatic carbocycles. The van der Waals surface area contributed by atoms with Crippen molar-refractivity contribution in [3.8, 4) is 0 Å². The predicted octanol–water partition coefficient (Wildman–Crippen LogP) is 2.46. The lowest BCUT2D eigenvalue weighted by atomic mass is 10.1. The lowest BCUT2D eigenvalue weighted by Crippen LogP contribution is -2.36. The summed E-state index contributed by atoms with van der Waals surface area (Å²) >= 11 is 0. The van der Waals surface area contributed by atoms with Crippen LogP contribution in [-0.4, -0.2) is 28.4 Å². The molecule has 4 heteroatoms. The van der Waals surface area contributed by atoms with E-state index >= 15 is 0 Å². The number of hydrogen-bond donors (Lipinski definition) is 1. The third-order valence-corrected chi connectivity index (χ3v) is 3.53. The Kier molecular flexibility index (Phi) is 4.20. The number of carbonyl (C=O) groups excluding carboxylic acids is 1. The summed E-state index contributed by atoms with van der Waals surface area (Å²) < 4.78 is 0. The summed E-state index contributed by atoms with van der Waals surface area (Å²) in [4.78, 5) is 24.7. The van der Waals surface area contributed by atoms with Crippen molar-refractivity contribution in [3.05, 3.63) is 35.9 Å². The van der Waals surface area contributed by atoms with Gasteiger partial charge < -0.3 is 10.0 Å². The smallest absolute Gasteiger partial charge is 0.305 e. The molecule has 1 N–H and O–H groups in total. The number of carbonyl (C=O) groups is 2. The van der Waals surface area contributed by atoms with Crippen LogP contribution in [0.15, 0.2) is 30.3 Å². The summed E-state index contributed by atoms with van der Waals surface area (Å²) in [6.07, 6.45) is 1.86. The SMILES string of the molecule is CC(c1ccccc1)N(CCC(=O)O)C(=O)C1CC1. The zero-order valence-corrected chi connectivity index (χ0v) is 11.1. The maximum atomic E-state index is 12.3. The van der Waals surface area contributed by atoms with Crippen molar-refractivity contribution in [2.24, 2.45) is 5.92 Å². The van der Waals surface area contributed by atoms with Crippen molar-refractivity contribution in [2.75, 3.05) is 6.54 Å². The quantitative estimate of drug-likeness (QED) is 0.855. The molecule has 1 atom stereocenters. The molecule has 0 bridgehead atoms. The Bertz CT molecular complexity index is 454. The van der Waals surface area contributed by atoms with Gasteiger partial charge in [-0.3, -0.25) is 9.59 Å². The Morgan fingerprint density at radius 3 is 2.47 bits per heavy atom. The molecular formula is C15H19NO3. The summed E-state index contributed by atoms with van der Waals surface area (Å²) in [5.74, 6) is -0.661. The molecule has 0 saturated heterocycles. The van der Waals surface area contributed by atoms with E-state index in [0.29, 0.717) is 0 Å². The van der Waals surface area contributed by atoms with Crippen LogP contribution in [0.5, 0.6) is 0 Å². The second-order valence-electron chi connectivity index (χ2n) is 5.04. The molecule has 1 fully saturated rings. The Labute approximate surface area is 113 Å². The van der Waals surface area contributed by atoms with Gasteiger partial charge in [0.15, 0.2) is 0 Å². The predicted molar refractivity (Wildman–Crippen MR) is 71.5 cm³/mol. The van der Waals surface area contributed by atoms with E-state index in [-0.39, 0.29) is 30.8 Å². The summed E-state index contributed by atoms with van der Waals surface area (Å²) in [6.45, 7) is 2.23. The summed E-state index contributed by atoms with van der Waals surface area (Å²) in [5, 5.41) is 8.81. The van der Waals surface area contributed by atoms with Crippen molar-refractivity contribution in [1.82, 2.24) is 4.90 Å². The van der Waals surface area contributed by atoms with Crippen molar-refractivity contribution >= 4 is 11.9 Å². The fraction of sp³-hybridized carbons (Fsp3) is 0.467. The average molecular weight is 261 g/mol. The third kappa shape index (κ3) is 3.56. The first-order valence-electron chi connectivity index (χ1n) is 6.67. The lowest BCUT2D eigenvalue weighted by Gasteiger charge is -2.29. The number of benzene rings is 1. The van der Waals surface area contributed by atoms with Gasteiger partial charge in [0.1, 0.15) is 0 Å². The molecule has 1 unspecified atom stereocenters. The molecule has 1 aromatic carbocycles. The minimum Gasteiger partial charge on any atom is -0.481 e. The third-order valence-electron chi connectivity index (χ3n) is 3.53. The first-order chi connectivity index (χ1) is 9.09. The topological polar surface area (TPSA) is 57.6 Å². The van der Waals surface area contributed by atoms with Crippen LogP contribution in [0.2, 0.25) is 0 Å². The zero-order chi connectivity index (χ0) is 13.8. The van der Waals surface area contributed by atoms with Gasteiger partial charge in [-0.2, -0.15) is 0 Å². The number of nitrogens with zero attached hydrogens (tertiary/aromatic N) is 1. The van der Waals surface area contributed by atoms with E-state index in [1.807, 2.05) is 37.3 Å². The van der Waals surface area contributed by atoms with Gasteiger partial charge in [-0.1, -0.05) is 30.3 Å². The number of amides is 1. The largest absolute Gasteiger partial charge is 0.481 e. The summed E-state index contributed by atoms with van der Waals surface area (Å²) in [6, 6.07) is 9.66. The molecule has 0 spiro atoms. The standard InChI is InChI=1S/C15H19NO3/c1-11(12-5-3-2-4-6-12)16(10-9-14(17)18)15(19)13-7-8-13/h2-6,11,13H,7-10H2,1H3,(H,17,18). The Morgan fingerprint density at radius 2 is 1.95 bits per heavy atom. The fourth-order valence-corrected chi connectivity index (χ4v) is 2.19. The first-order valence-corrected chi connectivity index (χ1v) is 6.67. The van der Waals surface area contributed by atoms with E-state index < -0.39 is 5.97 Å². The van der Waals surface area contributed by atoms with Crippen molar-refractivity contribution in [2.45, 2.75) is 32.2 Å². The molecule has 1 aromatic rings. The van der Waals surface area contributed by atoms with Gasteiger partial charge in [-0.25, -0.2) is 0 Å². The highest BCUT2D eigenvalue weighted by molar-refractivity contribution is 5.82. The molecule has 0 aromatic heterocycles. The Balaban J connectivity index is 2.11. The molecule has 0 radical (unpaired) electrons. The molecule has 102 valence electrons. The second-order valence-corrected chi connectivity index (χ2v) is 5.04. The van der Waals surface area contributed by atoms with Crippen LogP contribution in [-0.2, 0) is 9.59 Å². The molecule has 1 saturated carbocycles. The minimum atomic E-state index is -0.867. The maximum absolute atomic E-state index is 12.3. The highest BCUT2D eigenvalue weighted by atomic mass is 16.4. The van der Waals surface area contributed by atoms with E-state index in [1.165, 1.54) is 0 Å². The van der Waals surface area contributed by atoms with Crippen LogP contribution in [0.3, 0.4) is 0 Å². The van der Waals surface area contributed by atoms with Crippen molar-refractivity contribution < 1.29 is 14.7 Å². The first kappa shape index (κ1) is 13.6. The monoisotopic (exact) mass is 261 g/mol. The molecule has 4 nitrogen and oxygen atoms in total. The maximum Gasteiger partial charge on any atom is 0.305 e. The van der Waals surface area contributed by atoms with Gasteiger partial charge in [-0.05, 0) is 25.3 Å². The van der Waals surface area contributed by atoms with Crippen LogP contribution in [0, 0.1) is 5.92 Å². The Hall–Kier alpha value is -1.84. The van der Waals surface area contributed by atoms with Gasteiger partial charge in [-0.15, -0.1) is 0 Å². The molecular weight excluding hydrogens is 242 g/mol. The molecule has 0 heterocycles. The van der Waals surface area contributed by atoms with E-state index in [9.17, 15) is 9.59 Å². The highest BCUT2D eigenvalue weighted by Gasteiger charge is 2.35. The van der Waals surface area contributed by atoms with Crippen LogP contribution < -0.4 is 0 Å². The number of rotatable bonds is 6. The molecule has 0 aliphatic heterocycles. The van der Waals surface area contributed by atoms with Gasteiger partial charge in [0.05, 0.1) is 12.5 Å². The van der Waals surface area contributed by atoms with Crippen LogP contribution in [0.4, 0.5) is 0 Å². The van der Waals surface area contributed by atoms with Crippen LogP contribution in [0.25, 0.3) is 0 Å². The molecule has 1 amide bonds. The molecule has 1 aliphatic rings. The summed E-state index contributed by atoms with van der Waals surface area (Å²) in [5.41, 5.74) is 1.04. The van der Waals surface area contributed by atoms with Gasteiger partial charge in [0.25, 0.3) is 0 Å². The van der Waals surface area contributed by atoms with E-state index in [0.717, 1.165) is 18.4 Å². The number of carboxylic acids is 1. The summed E-state index contributed by atoms with van der Waals surface area (Å²) in [7, 11) is 0. The number of aliphatic carboxylic acids is 1. The van der Waals surface area contributed by atoms with Gasteiger partial charge in [0.2, 0.25) is 5.91 Å². The zero-order valence-electron chi connectivity index (χ0n) is 11.1. The van der Waals surface area contributed by atoms with E-state index in [1.54, 1.807) is 4.90 Å². The Morgan fingerprint density at radius 1 is 1.32 bits per heavy atom. The minimum absolute atomic E-state index is 0.00433. The number of carboxylic acid groups (broad SMARTS) is 1.